The number of hydrogen-bond donors (Lipinski definition) is 2. The molecule has 1 rings (SSSR count). The van der Waals surface area contributed by atoms with Crippen molar-refractivity contribution in [1.82, 2.24) is 0 Å². The van der Waals surface area contributed by atoms with Gasteiger partial charge < -0.3 is 16.4 Å². The van der Waals surface area contributed by atoms with E-state index >= 15 is 0 Å². The van der Waals surface area contributed by atoms with E-state index in [0.29, 0.717) is 17.3 Å². The normalized spacial score (nSPS) is 12.2. The predicted octanol–water partition coefficient (Wildman–Crippen LogP) is 1.60. The molecular formula is C12H19N3O. The summed E-state index contributed by atoms with van der Waals surface area (Å²) in [6, 6.07) is 5.48. The number of rotatable bonds is 4. The number of amides is 1. The molecule has 0 fully saturated rings. The van der Waals surface area contributed by atoms with Gasteiger partial charge in [-0.25, -0.2) is 0 Å². The summed E-state index contributed by atoms with van der Waals surface area (Å²) in [5, 5.41) is 0. The Labute approximate surface area is 96.2 Å². The van der Waals surface area contributed by atoms with E-state index in [1.165, 1.54) is 0 Å². The average molecular weight is 221 g/mol. The number of carbonyl (C=O) groups is 1. The van der Waals surface area contributed by atoms with Crippen LogP contribution in [0.4, 0.5) is 11.4 Å². The van der Waals surface area contributed by atoms with Crippen molar-refractivity contribution in [2.75, 3.05) is 17.7 Å². The topological polar surface area (TPSA) is 72.3 Å². The maximum Gasteiger partial charge on any atom is 0.250 e. The molecule has 4 heteroatoms. The van der Waals surface area contributed by atoms with Gasteiger partial charge in [-0.05, 0) is 31.5 Å². The molecule has 0 aliphatic heterocycles. The predicted molar refractivity (Wildman–Crippen MR) is 67.5 cm³/mol. The Kier molecular flexibility index (Phi) is 3.77. The number of anilines is 2. The van der Waals surface area contributed by atoms with Crippen molar-refractivity contribution in [1.29, 1.82) is 0 Å². The molecule has 1 aromatic carbocycles. The first kappa shape index (κ1) is 12.4. The molecule has 0 bridgehead atoms. The Morgan fingerprint density at radius 2 is 2.12 bits per heavy atom. The summed E-state index contributed by atoms with van der Waals surface area (Å²) in [7, 11) is 1.94. The third-order valence-electron chi connectivity index (χ3n) is 2.92. The van der Waals surface area contributed by atoms with E-state index in [-0.39, 0.29) is 0 Å². The van der Waals surface area contributed by atoms with Crippen LogP contribution in [0.25, 0.3) is 0 Å². The highest BCUT2D eigenvalue weighted by Crippen LogP contribution is 2.24. The summed E-state index contributed by atoms with van der Waals surface area (Å²) in [6.45, 7) is 4.19. The van der Waals surface area contributed by atoms with E-state index in [1.54, 1.807) is 18.2 Å². The zero-order chi connectivity index (χ0) is 12.3. The second kappa shape index (κ2) is 4.88. The molecule has 0 saturated heterocycles. The van der Waals surface area contributed by atoms with Crippen LogP contribution in [0.15, 0.2) is 18.2 Å². The zero-order valence-corrected chi connectivity index (χ0v) is 10.0. The summed E-state index contributed by atoms with van der Waals surface area (Å²) < 4.78 is 0. The fourth-order valence-electron chi connectivity index (χ4n) is 1.56. The molecule has 4 nitrogen and oxygen atoms in total. The number of nitrogens with two attached hydrogens (primary N) is 2. The van der Waals surface area contributed by atoms with Gasteiger partial charge in [-0.3, -0.25) is 4.79 Å². The molecule has 0 aliphatic carbocycles. The lowest BCUT2D eigenvalue weighted by Gasteiger charge is -2.27. The van der Waals surface area contributed by atoms with E-state index < -0.39 is 5.91 Å². The van der Waals surface area contributed by atoms with Crippen LogP contribution in [0.2, 0.25) is 0 Å². The fraction of sp³-hybridized carbons (Fsp3) is 0.417. The van der Waals surface area contributed by atoms with Gasteiger partial charge >= 0.3 is 0 Å². The summed E-state index contributed by atoms with van der Waals surface area (Å²) >= 11 is 0. The van der Waals surface area contributed by atoms with Gasteiger partial charge in [-0.15, -0.1) is 0 Å². The largest absolute Gasteiger partial charge is 0.399 e. The first-order chi connectivity index (χ1) is 7.47. The summed E-state index contributed by atoms with van der Waals surface area (Å²) in [4.78, 5) is 13.3. The van der Waals surface area contributed by atoms with Gasteiger partial charge in [0.25, 0.3) is 5.91 Å². The first-order valence-corrected chi connectivity index (χ1v) is 5.39. The van der Waals surface area contributed by atoms with Gasteiger partial charge in [-0.1, -0.05) is 6.92 Å². The SMILES string of the molecule is CCC(C)N(C)c1cc(N)ccc1C(N)=O. The molecule has 16 heavy (non-hydrogen) atoms. The number of carbonyl (C=O) groups excluding carboxylic acids is 1. The number of benzene rings is 1. The van der Waals surface area contributed by atoms with Gasteiger partial charge in [-0.2, -0.15) is 0 Å². The third kappa shape index (κ3) is 2.45. The van der Waals surface area contributed by atoms with Crippen LogP contribution in [0.5, 0.6) is 0 Å². The zero-order valence-electron chi connectivity index (χ0n) is 10.0. The maximum absolute atomic E-state index is 11.3. The third-order valence-corrected chi connectivity index (χ3v) is 2.92. The Bertz CT molecular complexity index is 390. The van der Waals surface area contributed by atoms with Crippen LogP contribution < -0.4 is 16.4 Å². The van der Waals surface area contributed by atoms with Crippen LogP contribution in [-0.4, -0.2) is 19.0 Å². The standard InChI is InChI=1S/C12H19N3O/c1-4-8(2)15(3)11-7-9(13)5-6-10(11)12(14)16/h5-8H,4,13H2,1-3H3,(H2,14,16). The molecule has 0 saturated carbocycles. The minimum atomic E-state index is -0.426. The van der Waals surface area contributed by atoms with Gasteiger partial charge in [0, 0.05) is 18.8 Å². The van der Waals surface area contributed by atoms with Crippen LogP contribution in [-0.2, 0) is 0 Å². The van der Waals surface area contributed by atoms with E-state index in [4.69, 9.17) is 11.5 Å². The molecule has 0 aliphatic rings. The number of nitrogens with zero attached hydrogens (tertiary/aromatic N) is 1. The molecule has 0 radical (unpaired) electrons. The first-order valence-electron chi connectivity index (χ1n) is 5.39. The van der Waals surface area contributed by atoms with Crippen LogP contribution in [0.3, 0.4) is 0 Å². The summed E-state index contributed by atoms with van der Waals surface area (Å²) in [5.74, 6) is -0.426. The lowest BCUT2D eigenvalue weighted by molar-refractivity contribution is 0.100. The lowest BCUT2D eigenvalue weighted by atomic mass is 10.1. The second-order valence-electron chi connectivity index (χ2n) is 4.01. The Balaban J connectivity index is 3.19. The van der Waals surface area contributed by atoms with E-state index in [0.717, 1.165) is 12.1 Å². The molecule has 1 amide bonds. The van der Waals surface area contributed by atoms with Crippen LogP contribution >= 0.6 is 0 Å². The van der Waals surface area contributed by atoms with Crippen molar-refractivity contribution in [2.24, 2.45) is 5.73 Å². The minimum absolute atomic E-state index is 0.333. The van der Waals surface area contributed by atoms with E-state index in [9.17, 15) is 4.79 Å². The van der Waals surface area contributed by atoms with Crippen molar-refractivity contribution in [3.05, 3.63) is 23.8 Å². The van der Waals surface area contributed by atoms with Gasteiger partial charge in [0.05, 0.1) is 11.3 Å². The second-order valence-corrected chi connectivity index (χ2v) is 4.01. The maximum atomic E-state index is 11.3. The summed E-state index contributed by atoms with van der Waals surface area (Å²) in [6.07, 6.45) is 0.990. The highest BCUT2D eigenvalue weighted by Gasteiger charge is 2.15. The van der Waals surface area contributed by atoms with E-state index in [2.05, 4.69) is 13.8 Å². The Hall–Kier alpha value is -1.71. The molecule has 0 spiro atoms. The van der Waals surface area contributed by atoms with E-state index in [1.807, 2.05) is 11.9 Å². The van der Waals surface area contributed by atoms with Crippen molar-refractivity contribution >= 4 is 17.3 Å². The fourth-order valence-corrected chi connectivity index (χ4v) is 1.56. The number of primary amides is 1. The molecule has 1 atom stereocenters. The smallest absolute Gasteiger partial charge is 0.250 e. The Morgan fingerprint density at radius 1 is 1.50 bits per heavy atom. The number of hydrogen-bond acceptors (Lipinski definition) is 3. The molecule has 4 N–H and O–H groups in total. The quantitative estimate of drug-likeness (QED) is 0.758. The van der Waals surface area contributed by atoms with Crippen molar-refractivity contribution in [3.63, 3.8) is 0 Å². The monoisotopic (exact) mass is 221 g/mol. The molecule has 1 aromatic rings. The molecule has 1 unspecified atom stereocenters. The number of nitrogen functional groups attached to an aromatic ring is 1. The average Bonchev–Trinajstić information content (AvgIpc) is 2.26. The lowest BCUT2D eigenvalue weighted by Crippen LogP contribution is -2.30. The van der Waals surface area contributed by atoms with Crippen LogP contribution in [0, 0.1) is 0 Å². The minimum Gasteiger partial charge on any atom is -0.399 e. The highest BCUT2D eigenvalue weighted by atomic mass is 16.1. The van der Waals surface area contributed by atoms with Gasteiger partial charge in [0.2, 0.25) is 0 Å². The summed E-state index contributed by atoms with van der Waals surface area (Å²) in [5.41, 5.74) is 13.0. The molecular weight excluding hydrogens is 202 g/mol. The molecule has 0 heterocycles. The molecule has 88 valence electrons. The van der Waals surface area contributed by atoms with Crippen molar-refractivity contribution in [3.8, 4) is 0 Å². The Morgan fingerprint density at radius 3 is 2.62 bits per heavy atom. The van der Waals surface area contributed by atoms with Crippen molar-refractivity contribution in [2.45, 2.75) is 26.3 Å². The van der Waals surface area contributed by atoms with Crippen LogP contribution in [0.1, 0.15) is 30.6 Å². The van der Waals surface area contributed by atoms with Gasteiger partial charge in [0.15, 0.2) is 0 Å². The van der Waals surface area contributed by atoms with Gasteiger partial charge in [0.1, 0.15) is 0 Å². The molecule has 0 aromatic heterocycles. The van der Waals surface area contributed by atoms with Crippen molar-refractivity contribution < 1.29 is 4.79 Å². The highest BCUT2D eigenvalue weighted by molar-refractivity contribution is 5.99.